The topological polar surface area (TPSA) is 83.5 Å². The van der Waals surface area contributed by atoms with Crippen LogP contribution in [0.2, 0.25) is 0 Å². The lowest BCUT2D eigenvalue weighted by atomic mass is 9.79. The number of carboxylic acids is 1. The van der Waals surface area contributed by atoms with Crippen LogP contribution in [-0.4, -0.2) is 31.8 Å². The molecule has 0 saturated heterocycles. The number of rotatable bonds is 6. The van der Waals surface area contributed by atoms with Gasteiger partial charge in [0.2, 0.25) is 10.0 Å². The number of nitrogens with one attached hydrogen (secondary N) is 1. The van der Waals surface area contributed by atoms with E-state index in [1.54, 1.807) is 0 Å². The summed E-state index contributed by atoms with van der Waals surface area (Å²) in [4.78, 5) is 11.1. The fourth-order valence-corrected chi connectivity index (χ4v) is 4.20. The molecule has 0 amide bonds. The van der Waals surface area contributed by atoms with Crippen molar-refractivity contribution >= 4 is 16.0 Å². The molecule has 0 aromatic rings. The molecular formula is C12H21NO4S. The lowest BCUT2D eigenvalue weighted by molar-refractivity contribution is -0.144. The number of carboxylic acid groups (broad SMARTS) is 1. The van der Waals surface area contributed by atoms with Crippen LogP contribution in [0.25, 0.3) is 0 Å². The van der Waals surface area contributed by atoms with E-state index in [2.05, 4.69) is 4.72 Å². The first-order chi connectivity index (χ1) is 8.48. The molecule has 2 rings (SSSR count). The second-order valence-corrected chi connectivity index (χ2v) is 7.41. The van der Waals surface area contributed by atoms with Crippen LogP contribution in [0.4, 0.5) is 0 Å². The number of sulfonamides is 1. The average Bonchev–Trinajstić information content (AvgIpc) is 3.10. The van der Waals surface area contributed by atoms with Crippen molar-refractivity contribution in [1.29, 1.82) is 0 Å². The maximum Gasteiger partial charge on any atom is 0.306 e. The van der Waals surface area contributed by atoms with E-state index in [9.17, 15) is 13.2 Å². The molecule has 6 heteroatoms. The predicted octanol–water partition coefficient (Wildman–Crippen LogP) is 1.21. The van der Waals surface area contributed by atoms with E-state index in [0.717, 1.165) is 32.1 Å². The highest BCUT2D eigenvalue weighted by molar-refractivity contribution is 7.89. The summed E-state index contributed by atoms with van der Waals surface area (Å²) in [5.41, 5.74) is 0. The van der Waals surface area contributed by atoms with Crippen molar-refractivity contribution in [3.05, 3.63) is 0 Å². The van der Waals surface area contributed by atoms with E-state index >= 15 is 0 Å². The molecule has 2 N–H and O–H groups in total. The van der Waals surface area contributed by atoms with Crippen LogP contribution in [0.15, 0.2) is 0 Å². The van der Waals surface area contributed by atoms with Gasteiger partial charge in [-0.25, -0.2) is 13.1 Å². The zero-order valence-electron chi connectivity index (χ0n) is 10.5. The molecule has 2 atom stereocenters. The number of hydrogen-bond acceptors (Lipinski definition) is 3. The zero-order valence-corrected chi connectivity index (χ0v) is 11.3. The summed E-state index contributed by atoms with van der Waals surface area (Å²) in [5, 5.41) is 9.12. The molecule has 0 aromatic heterocycles. The van der Waals surface area contributed by atoms with Crippen molar-refractivity contribution in [3.63, 3.8) is 0 Å². The van der Waals surface area contributed by atoms with Crippen LogP contribution in [0.3, 0.4) is 0 Å². The largest absolute Gasteiger partial charge is 0.481 e. The van der Waals surface area contributed by atoms with Crippen molar-refractivity contribution in [2.75, 3.05) is 12.3 Å². The summed E-state index contributed by atoms with van der Waals surface area (Å²) in [5.74, 6) is -0.699. The van der Waals surface area contributed by atoms with Gasteiger partial charge < -0.3 is 5.11 Å². The lowest BCUT2D eigenvalue weighted by Gasteiger charge is -2.28. The van der Waals surface area contributed by atoms with E-state index in [1.807, 2.05) is 0 Å². The molecule has 2 aliphatic carbocycles. The molecule has 2 saturated carbocycles. The molecule has 2 fully saturated rings. The van der Waals surface area contributed by atoms with Crippen LogP contribution >= 0.6 is 0 Å². The quantitative estimate of drug-likeness (QED) is 0.763. The normalized spacial score (nSPS) is 29.1. The third-order valence-electron chi connectivity index (χ3n) is 3.94. The molecule has 0 spiro atoms. The fourth-order valence-electron chi connectivity index (χ4n) is 2.66. The van der Waals surface area contributed by atoms with E-state index < -0.39 is 16.0 Å². The molecule has 2 aliphatic rings. The number of aliphatic carboxylic acids is 1. The van der Waals surface area contributed by atoms with E-state index in [-0.39, 0.29) is 24.1 Å². The summed E-state index contributed by atoms with van der Waals surface area (Å²) in [6.07, 6.45) is 5.42. The van der Waals surface area contributed by atoms with Crippen LogP contribution in [-0.2, 0) is 14.8 Å². The second-order valence-electron chi connectivity index (χ2n) is 5.56. The Balaban J connectivity index is 1.85. The van der Waals surface area contributed by atoms with Gasteiger partial charge in [-0.2, -0.15) is 0 Å². The van der Waals surface area contributed by atoms with Crippen molar-refractivity contribution in [2.24, 2.45) is 17.8 Å². The van der Waals surface area contributed by atoms with Gasteiger partial charge in [0.25, 0.3) is 0 Å². The summed E-state index contributed by atoms with van der Waals surface area (Å²) in [6.45, 7) is 0.284. The third kappa shape index (κ3) is 3.95. The molecule has 2 unspecified atom stereocenters. The fraction of sp³-hybridized carbons (Fsp3) is 0.917. The van der Waals surface area contributed by atoms with Crippen molar-refractivity contribution < 1.29 is 18.3 Å². The van der Waals surface area contributed by atoms with Gasteiger partial charge in [-0.15, -0.1) is 0 Å². The first-order valence-electron chi connectivity index (χ1n) is 6.68. The first kappa shape index (κ1) is 13.8. The average molecular weight is 275 g/mol. The van der Waals surface area contributed by atoms with Crippen LogP contribution < -0.4 is 4.72 Å². The maximum atomic E-state index is 11.7. The van der Waals surface area contributed by atoms with E-state index in [0.29, 0.717) is 12.3 Å². The molecule has 104 valence electrons. The van der Waals surface area contributed by atoms with Gasteiger partial charge in [0, 0.05) is 6.54 Å². The highest BCUT2D eigenvalue weighted by Gasteiger charge is 2.33. The minimum absolute atomic E-state index is 0.0507. The Morgan fingerprint density at radius 1 is 1.17 bits per heavy atom. The first-order valence-corrected chi connectivity index (χ1v) is 8.33. The number of carbonyl (C=O) groups is 1. The molecule has 5 nitrogen and oxygen atoms in total. The van der Waals surface area contributed by atoms with Gasteiger partial charge in [0.1, 0.15) is 0 Å². The molecule has 0 aromatic carbocycles. The molecule has 0 bridgehead atoms. The maximum absolute atomic E-state index is 11.7. The smallest absolute Gasteiger partial charge is 0.306 e. The minimum atomic E-state index is -3.21. The highest BCUT2D eigenvalue weighted by atomic mass is 32.2. The number of hydrogen-bond donors (Lipinski definition) is 2. The summed E-state index contributed by atoms with van der Waals surface area (Å²) in [7, 11) is -3.21. The van der Waals surface area contributed by atoms with Gasteiger partial charge in [-0.3, -0.25) is 4.79 Å². The Morgan fingerprint density at radius 3 is 2.44 bits per heavy atom. The molecule has 0 radical (unpaired) electrons. The monoisotopic (exact) mass is 275 g/mol. The van der Waals surface area contributed by atoms with Gasteiger partial charge in [0.05, 0.1) is 11.7 Å². The minimum Gasteiger partial charge on any atom is -0.481 e. The van der Waals surface area contributed by atoms with Gasteiger partial charge in [-0.1, -0.05) is 12.8 Å². The van der Waals surface area contributed by atoms with Gasteiger partial charge in [0.15, 0.2) is 0 Å². The molecular weight excluding hydrogens is 254 g/mol. The van der Waals surface area contributed by atoms with Gasteiger partial charge >= 0.3 is 5.97 Å². The predicted molar refractivity (Wildman–Crippen MR) is 67.6 cm³/mol. The molecule has 0 heterocycles. The Labute approximate surface area is 108 Å². The summed E-state index contributed by atoms with van der Waals surface area (Å²) < 4.78 is 26.1. The van der Waals surface area contributed by atoms with Gasteiger partial charge in [-0.05, 0) is 37.5 Å². The van der Waals surface area contributed by atoms with Crippen molar-refractivity contribution in [3.8, 4) is 0 Å². The van der Waals surface area contributed by atoms with Crippen molar-refractivity contribution in [2.45, 2.75) is 38.5 Å². The SMILES string of the molecule is O=C(O)C1CCCCC1CNS(=O)(=O)CC1CC1. The second kappa shape index (κ2) is 5.57. The van der Waals surface area contributed by atoms with Crippen LogP contribution in [0.1, 0.15) is 38.5 Å². The Bertz CT molecular complexity index is 402. The van der Waals surface area contributed by atoms with E-state index in [4.69, 9.17) is 5.11 Å². The summed E-state index contributed by atoms with van der Waals surface area (Å²) >= 11 is 0. The Morgan fingerprint density at radius 2 is 1.83 bits per heavy atom. The van der Waals surface area contributed by atoms with Crippen LogP contribution in [0.5, 0.6) is 0 Å². The molecule has 0 aliphatic heterocycles. The third-order valence-corrected chi connectivity index (χ3v) is 5.46. The summed E-state index contributed by atoms with van der Waals surface area (Å²) in [6, 6.07) is 0. The highest BCUT2D eigenvalue weighted by Crippen LogP contribution is 2.31. The van der Waals surface area contributed by atoms with Crippen molar-refractivity contribution in [1.82, 2.24) is 4.72 Å². The Kier molecular flexibility index (Phi) is 4.27. The van der Waals surface area contributed by atoms with E-state index in [1.165, 1.54) is 0 Å². The standard InChI is InChI=1S/C12H21NO4S/c14-12(15)11-4-2-1-3-10(11)7-13-18(16,17)8-9-5-6-9/h9-11,13H,1-8H2,(H,14,15). The molecule has 18 heavy (non-hydrogen) atoms. The van der Waals surface area contributed by atoms with Crippen LogP contribution in [0, 0.1) is 17.8 Å². The zero-order chi connectivity index (χ0) is 13.2. The lowest BCUT2D eigenvalue weighted by Crippen LogP contribution is -2.38. The Hall–Kier alpha value is -0.620.